The van der Waals surface area contributed by atoms with Crippen molar-refractivity contribution in [2.75, 3.05) is 13.1 Å². The second kappa shape index (κ2) is 5.68. The van der Waals surface area contributed by atoms with Crippen LogP contribution < -0.4 is 5.32 Å². The zero-order valence-electron chi connectivity index (χ0n) is 11.2. The second-order valence-electron chi connectivity index (χ2n) is 5.47. The number of likely N-dealkylation sites (tertiary alicyclic amines) is 1. The van der Waals surface area contributed by atoms with Crippen LogP contribution in [0.15, 0.2) is 0 Å². The molecule has 3 nitrogen and oxygen atoms in total. The highest BCUT2D eigenvalue weighted by Crippen LogP contribution is 2.24. The summed E-state index contributed by atoms with van der Waals surface area (Å²) in [6.07, 6.45) is 6.52. The van der Waals surface area contributed by atoms with Crippen molar-refractivity contribution in [3.8, 4) is 0 Å². The molecule has 0 radical (unpaired) electrons. The third-order valence-electron chi connectivity index (χ3n) is 3.84. The van der Waals surface area contributed by atoms with Crippen LogP contribution in [0.3, 0.4) is 0 Å². The highest BCUT2D eigenvalue weighted by Gasteiger charge is 2.21. The van der Waals surface area contributed by atoms with E-state index in [4.69, 9.17) is 4.98 Å². The fraction of sp³-hybridized carbons (Fsp3) is 0.786. The van der Waals surface area contributed by atoms with Crippen molar-refractivity contribution in [3.05, 3.63) is 15.6 Å². The van der Waals surface area contributed by atoms with Crippen LogP contribution in [0, 0.1) is 0 Å². The molecule has 0 aromatic carbocycles. The minimum atomic E-state index is 0.791. The lowest BCUT2D eigenvalue weighted by atomic mass is 10.3. The number of nitrogens with zero attached hydrogens (tertiary/aromatic N) is 2. The van der Waals surface area contributed by atoms with Gasteiger partial charge in [0.1, 0.15) is 5.01 Å². The third kappa shape index (κ3) is 3.11. The summed E-state index contributed by atoms with van der Waals surface area (Å²) in [5, 5.41) is 4.93. The van der Waals surface area contributed by atoms with E-state index in [0.717, 1.165) is 25.6 Å². The second-order valence-corrected chi connectivity index (χ2v) is 6.64. The smallest absolute Gasteiger partial charge is 0.107 e. The summed E-state index contributed by atoms with van der Waals surface area (Å²) in [5.74, 6) is 0. The van der Waals surface area contributed by atoms with Crippen LogP contribution in [0.5, 0.6) is 0 Å². The van der Waals surface area contributed by atoms with Crippen LogP contribution in [0.25, 0.3) is 0 Å². The number of rotatable bonds is 6. The Morgan fingerprint density at radius 2 is 2.11 bits per heavy atom. The largest absolute Gasteiger partial charge is 0.309 e. The van der Waals surface area contributed by atoms with Gasteiger partial charge in [-0.15, -0.1) is 11.3 Å². The standard InChI is InChI=1S/C14H23N3S/c1-2-12-13(9-15-11-5-6-11)18-14(16-12)10-17-7-3-4-8-17/h11,15H,2-10H2,1H3. The lowest BCUT2D eigenvalue weighted by molar-refractivity contribution is 0.330. The third-order valence-corrected chi connectivity index (χ3v) is 4.93. The maximum Gasteiger partial charge on any atom is 0.107 e. The summed E-state index contributed by atoms with van der Waals surface area (Å²) in [4.78, 5) is 8.84. The molecule has 1 saturated carbocycles. The topological polar surface area (TPSA) is 28.2 Å². The Bertz CT molecular complexity index is 392. The van der Waals surface area contributed by atoms with E-state index in [2.05, 4.69) is 17.1 Å². The molecule has 2 fully saturated rings. The average molecular weight is 265 g/mol. The molecule has 0 amide bonds. The molecule has 3 rings (SSSR count). The molecule has 1 N–H and O–H groups in total. The molecular weight excluding hydrogens is 242 g/mol. The highest BCUT2D eigenvalue weighted by atomic mass is 32.1. The zero-order chi connectivity index (χ0) is 12.4. The van der Waals surface area contributed by atoms with Crippen LogP contribution in [0.1, 0.15) is 48.2 Å². The van der Waals surface area contributed by atoms with Crippen molar-refractivity contribution in [3.63, 3.8) is 0 Å². The van der Waals surface area contributed by atoms with E-state index in [1.807, 2.05) is 11.3 Å². The van der Waals surface area contributed by atoms with Gasteiger partial charge in [0.05, 0.1) is 12.2 Å². The molecule has 0 unspecified atom stereocenters. The van der Waals surface area contributed by atoms with Gasteiger partial charge in [-0.2, -0.15) is 0 Å². The van der Waals surface area contributed by atoms with Gasteiger partial charge < -0.3 is 5.32 Å². The Hall–Kier alpha value is -0.450. The molecule has 18 heavy (non-hydrogen) atoms. The zero-order valence-corrected chi connectivity index (χ0v) is 12.1. The van der Waals surface area contributed by atoms with Crippen molar-refractivity contribution < 1.29 is 0 Å². The molecule has 2 aliphatic rings. The number of aromatic nitrogens is 1. The molecule has 0 atom stereocenters. The van der Waals surface area contributed by atoms with Crippen molar-refractivity contribution in [1.29, 1.82) is 0 Å². The van der Waals surface area contributed by atoms with Gasteiger partial charge in [-0.25, -0.2) is 4.98 Å². The fourth-order valence-corrected chi connectivity index (χ4v) is 3.73. The molecular formula is C14H23N3S. The van der Waals surface area contributed by atoms with E-state index in [9.17, 15) is 0 Å². The van der Waals surface area contributed by atoms with Gasteiger partial charge in [-0.3, -0.25) is 4.90 Å². The van der Waals surface area contributed by atoms with Gasteiger partial charge in [0, 0.05) is 17.5 Å². The molecule has 0 bridgehead atoms. The molecule has 2 heterocycles. The Morgan fingerprint density at radius 1 is 1.33 bits per heavy atom. The summed E-state index contributed by atoms with van der Waals surface area (Å²) >= 11 is 1.93. The summed E-state index contributed by atoms with van der Waals surface area (Å²) in [7, 11) is 0. The molecule has 1 aromatic heterocycles. The van der Waals surface area contributed by atoms with E-state index in [1.165, 1.54) is 54.4 Å². The molecule has 4 heteroatoms. The number of thiazole rings is 1. The summed E-state index contributed by atoms with van der Waals surface area (Å²) in [6, 6.07) is 0.791. The van der Waals surface area contributed by atoms with E-state index in [1.54, 1.807) is 0 Å². The first-order valence-corrected chi connectivity index (χ1v) is 8.10. The normalized spacial score (nSPS) is 20.7. The molecule has 100 valence electrons. The van der Waals surface area contributed by atoms with E-state index in [0.29, 0.717) is 0 Å². The molecule has 1 saturated heterocycles. The van der Waals surface area contributed by atoms with Gasteiger partial charge in [0.2, 0.25) is 0 Å². The lowest BCUT2D eigenvalue weighted by Crippen LogP contribution is -2.18. The van der Waals surface area contributed by atoms with E-state index in [-0.39, 0.29) is 0 Å². The Balaban J connectivity index is 1.62. The Kier molecular flexibility index (Phi) is 3.97. The quantitative estimate of drug-likeness (QED) is 0.857. The fourth-order valence-electron chi connectivity index (χ4n) is 2.58. The molecule has 0 spiro atoms. The SMILES string of the molecule is CCc1nc(CN2CCCC2)sc1CNC1CC1. The van der Waals surface area contributed by atoms with Gasteiger partial charge in [-0.05, 0) is 45.2 Å². The first-order chi connectivity index (χ1) is 8.85. The average Bonchev–Trinajstić information content (AvgIpc) is 2.91. The van der Waals surface area contributed by atoms with Gasteiger partial charge in [0.15, 0.2) is 0 Å². The monoisotopic (exact) mass is 265 g/mol. The van der Waals surface area contributed by atoms with Gasteiger partial charge >= 0.3 is 0 Å². The minimum absolute atomic E-state index is 0.791. The Morgan fingerprint density at radius 3 is 2.78 bits per heavy atom. The van der Waals surface area contributed by atoms with Crippen molar-refractivity contribution in [2.45, 2.75) is 58.2 Å². The summed E-state index contributed by atoms with van der Waals surface area (Å²) in [5.41, 5.74) is 1.32. The van der Waals surface area contributed by atoms with Crippen molar-refractivity contribution >= 4 is 11.3 Å². The molecule has 1 aliphatic carbocycles. The van der Waals surface area contributed by atoms with Crippen LogP contribution in [0.4, 0.5) is 0 Å². The minimum Gasteiger partial charge on any atom is -0.309 e. The van der Waals surface area contributed by atoms with Crippen molar-refractivity contribution in [2.24, 2.45) is 0 Å². The predicted molar refractivity (Wildman–Crippen MR) is 75.9 cm³/mol. The first kappa shape index (κ1) is 12.6. The summed E-state index contributed by atoms with van der Waals surface area (Å²) in [6.45, 7) is 6.84. The van der Waals surface area contributed by atoms with Crippen molar-refractivity contribution in [1.82, 2.24) is 15.2 Å². The van der Waals surface area contributed by atoms with Crippen LogP contribution in [-0.2, 0) is 19.5 Å². The Labute approximate surface area is 114 Å². The number of aryl methyl sites for hydroxylation is 1. The number of nitrogens with one attached hydrogen (secondary N) is 1. The number of hydrogen-bond acceptors (Lipinski definition) is 4. The maximum absolute atomic E-state index is 4.83. The van der Waals surface area contributed by atoms with Gasteiger partial charge in [0.25, 0.3) is 0 Å². The maximum atomic E-state index is 4.83. The molecule has 1 aromatic rings. The van der Waals surface area contributed by atoms with E-state index >= 15 is 0 Å². The predicted octanol–water partition coefficient (Wildman–Crippen LogP) is 2.55. The highest BCUT2D eigenvalue weighted by molar-refractivity contribution is 7.11. The van der Waals surface area contributed by atoms with Gasteiger partial charge in [-0.1, -0.05) is 6.92 Å². The molecule has 1 aliphatic heterocycles. The lowest BCUT2D eigenvalue weighted by Gasteiger charge is -2.11. The number of hydrogen-bond donors (Lipinski definition) is 1. The van der Waals surface area contributed by atoms with E-state index < -0.39 is 0 Å². The van der Waals surface area contributed by atoms with Crippen LogP contribution in [0.2, 0.25) is 0 Å². The van der Waals surface area contributed by atoms with Crippen LogP contribution >= 0.6 is 11.3 Å². The van der Waals surface area contributed by atoms with Crippen LogP contribution in [-0.4, -0.2) is 29.0 Å². The first-order valence-electron chi connectivity index (χ1n) is 7.28. The summed E-state index contributed by atoms with van der Waals surface area (Å²) < 4.78 is 0.